The number of nitrogens with zero attached hydrogens (tertiary/aromatic N) is 3. The largest absolute Gasteiger partial charge is 0.391 e. The Balaban J connectivity index is 1.56. The molecule has 3 heterocycles. The van der Waals surface area contributed by atoms with Crippen molar-refractivity contribution in [3.63, 3.8) is 0 Å². The monoisotopic (exact) mass is 374 g/mol. The lowest BCUT2D eigenvalue weighted by Crippen LogP contribution is -2.56. The highest BCUT2D eigenvalue weighted by Crippen LogP contribution is 2.40. The molecule has 3 rings (SSSR count). The Hall–Kier alpha value is -1.99. The quantitative estimate of drug-likeness (QED) is 0.785. The number of likely N-dealkylation sites (tertiary alicyclic amines) is 2. The van der Waals surface area contributed by atoms with E-state index in [1.54, 1.807) is 24.2 Å². The van der Waals surface area contributed by atoms with Crippen LogP contribution in [0.25, 0.3) is 0 Å². The Labute approximate surface area is 160 Å². The molecule has 0 aromatic carbocycles. The SMILES string of the molecule is C[C@H](O)[C@@H](N)C(=O)N1CCC2(CCC(=O)N(CCc3ccncc3)C2)CC1. The number of aliphatic hydroxyl groups is 1. The standard InChI is InChI=1S/C20H30N4O3/c1-15(25)18(21)19(27)23-12-7-20(8-13-23)6-2-17(26)24(14-20)11-5-16-3-9-22-10-4-16/h3-4,9-10,15,18,25H,2,5-8,11-14,21H2,1H3/t15-,18+/m0/s1. The highest BCUT2D eigenvalue weighted by Gasteiger charge is 2.42. The lowest BCUT2D eigenvalue weighted by Gasteiger charge is -2.47. The van der Waals surface area contributed by atoms with E-state index < -0.39 is 12.1 Å². The Morgan fingerprint density at radius 2 is 1.96 bits per heavy atom. The van der Waals surface area contributed by atoms with E-state index in [-0.39, 0.29) is 17.2 Å². The van der Waals surface area contributed by atoms with Crippen LogP contribution in [0.2, 0.25) is 0 Å². The van der Waals surface area contributed by atoms with Crippen LogP contribution in [0.3, 0.4) is 0 Å². The number of amides is 2. The maximum absolute atomic E-state index is 12.4. The molecule has 7 nitrogen and oxygen atoms in total. The van der Waals surface area contributed by atoms with Gasteiger partial charge in [0, 0.05) is 45.0 Å². The van der Waals surface area contributed by atoms with Gasteiger partial charge in [0.15, 0.2) is 0 Å². The number of carbonyl (C=O) groups excluding carboxylic acids is 2. The van der Waals surface area contributed by atoms with Crippen LogP contribution < -0.4 is 5.73 Å². The zero-order chi connectivity index (χ0) is 19.4. The van der Waals surface area contributed by atoms with E-state index in [0.717, 1.165) is 38.8 Å². The molecule has 2 aliphatic rings. The summed E-state index contributed by atoms with van der Waals surface area (Å²) in [4.78, 5) is 32.5. The highest BCUT2D eigenvalue weighted by atomic mass is 16.3. The first-order chi connectivity index (χ1) is 12.9. The minimum Gasteiger partial charge on any atom is -0.391 e. The van der Waals surface area contributed by atoms with E-state index in [0.29, 0.717) is 19.5 Å². The molecule has 0 radical (unpaired) electrons. The van der Waals surface area contributed by atoms with Crippen molar-refractivity contribution in [2.75, 3.05) is 26.2 Å². The van der Waals surface area contributed by atoms with Gasteiger partial charge in [0.1, 0.15) is 6.04 Å². The summed E-state index contributed by atoms with van der Waals surface area (Å²) in [5.74, 6) is 0.0468. The molecule has 2 fully saturated rings. The lowest BCUT2D eigenvalue weighted by atomic mass is 9.72. The smallest absolute Gasteiger partial charge is 0.242 e. The van der Waals surface area contributed by atoms with Gasteiger partial charge in [-0.2, -0.15) is 0 Å². The fourth-order valence-corrected chi connectivity index (χ4v) is 4.15. The van der Waals surface area contributed by atoms with Gasteiger partial charge in [0.05, 0.1) is 6.10 Å². The molecule has 3 N–H and O–H groups in total. The van der Waals surface area contributed by atoms with Gasteiger partial charge in [0.25, 0.3) is 0 Å². The van der Waals surface area contributed by atoms with Crippen LogP contribution >= 0.6 is 0 Å². The fourth-order valence-electron chi connectivity index (χ4n) is 4.15. The molecule has 1 spiro atoms. The van der Waals surface area contributed by atoms with Crippen LogP contribution in [-0.4, -0.2) is 70.0 Å². The molecule has 2 aliphatic heterocycles. The molecule has 0 unspecified atom stereocenters. The highest BCUT2D eigenvalue weighted by molar-refractivity contribution is 5.82. The molecule has 2 amide bonds. The molecular weight excluding hydrogens is 344 g/mol. The number of aromatic nitrogens is 1. The van der Waals surface area contributed by atoms with Crippen molar-refractivity contribution in [2.24, 2.45) is 11.1 Å². The third kappa shape index (κ3) is 4.65. The van der Waals surface area contributed by atoms with Gasteiger partial charge in [-0.3, -0.25) is 14.6 Å². The van der Waals surface area contributed by atoms with Crippen molar-refractivity contribution in [3.05, 3.63) is 30.1 Å². The van der Waals surface area contributed by atoms with Crippen molar-refractivity contribution in [3.8, 4) is 0 Å². The number of hydrogen-bond acceptors (Lipinski definition) is 5. The molecule has 0 bridgehead atoms. The van der Waals surface area contributed by atoms with E-state index in [1.165, 1.54) is 5.56 Å². The molecule has 27 heavy (non-hydrogen) atoms. The van der Waals surface area contributed by atoms with E-state index in [2.05, 4.69) is 4.98 Å². The van der Waals surface area contributed by atoms with E-state index in [4.69, 9.17) is 5.73 Å². The molecule has 0 aliphatic carbocycles. The summed E-state index contributed by atoms with van der Waals surface area (Å²) in [7, 11) is 0. The zero-order valence-corrected chi connectivity index (χ0v) is 16.0. The summed E-state index contributed by atoms with van der Waals surface area (Å²) in [6.45, 7) is 4.32. The van der Waals surface area contributed by atoms with Gasteiger partial charge < -0.3 is 20.6 Å². The number of rotatable bonds is 5. The number of piperidine rings is 2. The molecule has 0 saturated carbocycles. The van der Waals surface area contributed by atoms with E-state index in [1.807, 2.05) is 17.0 Å². The first kappa shape index (κ1) is 19.8. The second-order valence-corrected chi connectivity index (χ2v) is 8.01. The van der Waals surface area contributed by atoms with Gasteiger partial charge >= 0.3 is 0 Å². The van der Waals surface area contributed by atoms with Crippen molar-refractivity contribution in [2.45, 2.75) is 51.2 Å². The van der Waals surface area contributed by atoms with Crippen LogP contribution in [0.4, 0.5) is 0 Å². The van der Waals surface area contributed by atoms with Gasteiger partial charge in [0.2, 0.25) is 11.8 Å². The van der Waals surface area contributed by atoms with Crippen molar-refractivity contribution in [1.82, 2.24) is 14.8 Å². The van der Waals surface area contributed by atoms with E-state index in [9.17, 15) is 14.7 Å². The Kier molecular flexibility index (Phi) is 6.11. The minimum absolute atomic E-state index is 0.0951. The van der Waals surface area contributed by atoms with Crippen LogP contribution in [0, 0.1) is 5.41 Å². The second-order valence-electron chi connectivity index (χ2n) is 8.01. The number of carbonyl (C=O) groups is 2. The summed E-state index contributed by atoms with van der Waals surface area (Å²) in [6.07, 6.45) is 6.77. The fraction of sp³-hybridized carbons (Fsp3) is 0.650. The Morgan fingerprint density at radius 1 is 1.30 bits per heavy atom. The van der Waals surface area contributed by atoms with Crippen LogP contribution in [0.15, 0.2) is 24.5 Å². The maximum atomic E-state index is 12.4. The predicted molar refractivity (Wildman–Crippen MR) is 102 cm³/mol. The van der Waals surface area contributed by atoms with E-state index >= 15 is 0 Å². The van der Waals surface area contributed by atoms with Crippen LogP contribution in [-0.2, 0) is 16.0 Å². The number of pyridine rings is 1. The topological polar surface area (TPSA) is 99.8 Å². The summed E-state index contributed by atoms with van der Waals surface area (Å²) in [5, 5.41) is 9.56. The zero-order valence-electron chi connectivity index (χ0n) is 16.0. The van der Waals surface area contributed by atoms with Crippen molar-refractivity contribution < 1.29 is 14.7 Å². The average molecular weight is 374 g/mol. The van der Waals surface area contributed by atoms with Gasteiger partial charge in [-0.25, -0.2) is 0 Å². The first-order valence-corrected chi connectivity index (χ1v) is 9.79. The van der Waals surface area contributed by atoms with Crippen molar-refractivity contribution >= 4 is 11.8 Å². The molecule has 1 aromatic rings. The third-order valence-electron chi connectivity index (χ3n) is 6.11. The van der Waals surface area contributed by atoms with Crippen LogP contribution in [0.5, 0.6) is 0 Å². The summed E-state index contributed by atoms with van der Waals surface area (Å²) in [6, 6.07) is 3.11. The van der Waals surface area contributed by atoms with Crippen LogP contribution in [0.1, 0.15) is 38.2 Å². The summed E-state index contributed by atoms with van der Waals surface area (Å²) < 4.78 is 0. The average Bonchev–Trinajstić information content (AvgIpc) is 2.69. The summed E-state index contributed by atoms with van der Waals surface area (Å²) >= 11 is 0. The molecular formula is C20H30N4O3. The number of aliphatic hydroxyl groups excluding tert-OH is 1. The number of hydrogen-bond donors (Lipinski definition) is 2. The normalized spacial score (nSPS) is 22.0. The Bertz CT molecular complexity index is 656. The minimum atomic E-state index is -0.858. The molecule has 1 aromatic heterocycles. The predicted octanol–water partition coefficient (Wildman–Crippen LogP) is 0.563. The van der Waals surface area contributed by atoms with Gasteiger partial charge in [-0.1, -0.05) is 0 Å². The molecule has 7 heteroatoms. The maximum Gasteiger partial charge on any atom is 0.242 e. The summed E-state index contributed by atoms with van der Waals surface area (Å²) in [5.41, 5.74) is 7.08. The Morgan fingerprint density at radius 3 is 2.59 bits per heavy atom. The number of nitrogens with two attached hydrogens (primary N) is 1. The molecule has 148 valence electrons. The third-order valence-corrected chi connectivity index (χ3v) is 6.11. The molecule has 2 saturated heterocycles. The first-order valence-electron chi connectivity index (χ1n) is 9.79. The van der Waals surface area contributed by atoms with Gasteiger partial charge in [-0.05, 0) is 55.7 Å². The van der Waals surface area contributed by atoms with Gasteiger partial charge in [-0.15, -0.1) is 0 Å². The van der Waals surface area contributed by atoms with Crippen molar-refractivity contribution in [1.29, 1.82) is 0 Å². The molecule has 2 atom stereocenters. The second kappa shape index (κ2) is 8.35. The lowest BCUT2D eigenvalue weighted by molar-refractivity contribution is -0.143.